The molecular weight excluding hydrogens is 463 g/mol. The van der Waals surface area contributed by atoms with Crippen LogP contribution in [0.4, 0.5) is 39.5 Å². The third-order valence-electron chi connectivity index (χ3n) is 4.92. The molecule has 1 aromatic rings. The van der Waals surface area contributed by atoms with Gasteiger partial charge in [0.25, 0.3) is 0 Å². The van der Waals surface area contributed by atoms with Crippen molar-refractivity contribution in [2.45, 2.75) is 69.4 Å². The summed E-state index contributed by atoms with van der Waals surface area (Å²) in [4.78, 5) is 0. The summed E-state index contributed by atoms with van der Waals surface area (Å²) in [6.07, 6.45) is -17.8. The fraction of sp³-hybridized carbons (Fsp3) is 0.579. The predicted octanol–water partition coefficient (Wildman–Crippen LogP) is 4.87. The quantitative estimate of drug-likeness (QED) is 0.450. The Balaban J connectivity index is 3.90. The van der Waals surface area contributed by atoms with Crippen molar-refractivity contribution in [2.75, 3.05) is 0 Å². The Kier molecular flexibility index (Phi) is 7.10. The Morgan fingerprint density at radius 3 is 1.66 bits per heavy atom. The molecule has 0 aliphatic carbocycles. The third kappa shape index (κ3) is 5.49. The van der Waals surface area contributed by atoms with Gasteiger partial charge < -0.3 is 20.4 Å². The van der Waals surface area contributed by atoms with E-state index < -0.39 is 69.8 Å². The Labute approximate surface area is 176 Å². The van der Waals surface area contributed by atoms with Crippen molar-refractivity contribution in [2.24, 2.45) is 0 Å². The van der Waals surface area contributed by atoms with E-state index in [1.165, 1.54) is 0 Å². The van der Waals surface area contributed by atoms with Crippen LogP contribution in [0.2, 0.25) is 0 Å². The van der Waals surface area contributed by atoms with Gasteiger partial charge in [0.1, 0.15) is 5.75 Å². The van der Waals surface area contributed by atoms with Crippen molar-refractivity contribution >= 4 is 5.57 Å². The number of hydrogen-bond donors (Lipinski definition) is 4. The van der Waals surface area contributed by atoms with Crippen LogP contribution in [0.5, 0.6) is 5.75 Å². The molecule has 184 valence electrons. The highest BCUT2D eigenvalue weighted by Crippen LogP contribution is 2.46. The van der Waals surface area contributed by atoms with Gasteiger partial charge in [0.2, 0.25) is 0 Å². The lowest BCUT2D eigenvalue weighted by Gasteiger charge is -2.31. The van der Waals surface area contributed by atoms with Gasteiger partial charge in [-0.05, 0) is 62.6 Å². The summed E-state index contributed by atoms with van der Waals surface area (Å²) in [6.45, 7) is 1.64. The normalized spacial score (nSPS) is 19.8. The SMILES string of the molecule is Cc1cc(/C(=C/C(C)(O)C(F)(F)F)CC(C)(O)C(F)(F)F)cc(C(C)(O)C(F)(F)F)c1O. The van der Waals surface area contributed by atoms with E-state index in [0.29, 0.717) is 6.07 Å². The van der Waals surface area contributed by atoms with Crippen LogP contribution in [-0.4, -0.2) is 50.2 Å². The standard InChI is InChI=1S/C19H21F9O4/c1-9-5-10(6-12(13(9)29)16(4,32)19(26,27)28)11(7-14(2,30)17(20,21)22)8-15(3,31)18(23,24)25/h5-7,29-32H,8H2,1-4H3/b11-7+. The number of phenolic OH excluding ortho intramolecular Hbond substituents is 1. The molecule has 0 saturated heterocycles. The number of halogens is 9. The first-order valence-corrected chi connectivity index (χ1v) is 8.78. The van der Waals surface area contributed by atoms with Crippen LogP contribution < -0.4 is 0 Å². The molecule has 0 aliphatic rings. The minimum Gasteiger partial charge on any atom is -0.507 e. The molecular formula is C19H21F9O4. The average molecular weight is 484 g/mol. The number of aliphatic hydroxyl groups is 3. The van der Waals surface area contributed by atoms with Gasteiger partial charge in [0.05, 0.1) is 0 Å². The van der Waals surface area contributed by atoms with Gasteiger partial charge in [-0.2, -0.15) is 39.5 Å². The monoisotopic (exact) mass is 484 g/mol. The average Bonchev–Trinajstić information content (AvgIpc) is 2.52. The second-order valence-corrected chi connectivity index (χ2v) is 8.02. The molecule has 0 bridgehead atoms. The molecule has 1 aromatic carbocycles. The molecule has 1 rings (SSSR count). The maximum absolute atomic E-state index is 13.3. The van der Waals surface area contributed by atoms with Gasteiger partial charge in [0.15, 0.2) is 16.8 Å². The van der Waals surface area contributed by atoms with Crippen molar-refractivity contribution in [3.8, 4) is 5.75 Å². The largest absolute Gasteiger partial charge is 0.507 e. The Hall–Kier alpha value is -1.99. The van der Waals surface area contributed by atoms with Crippen molar-refractivity contribution < 1.29 is 59.9 Å². The Morgan fingerprint density at radius 1 is 0.812 bits per heavy atom. The van der Waals surface area contributed by atoms with E-state index in [4.69, 9.17) is 0 Å². The molecule has 32 heavy (non-hydrogen) atoms. The van der Waals surface area contributed by atoms with Crippen LogP contribution in [0, 0.1) is 6.92 Å². The zero-order chi connectivity index (χ0) is 25.7. The van der Waals surface area contributed by atoms with Crippen LogP contribution in [-0.2, 0) is 5.60 Å². The second kappa shape index (κ2) is 8.10. The molecule has 0 amide bonds. The highest BCUT2D eigenvalue weighted by molar-refractivity contribution is 5.70. The van der Waals surface area contributed by atoms with Crippen LogP contribution in [0.3, 0.4) is 0 Å². The Morgan fingerprint density at radius 2 is 1.28 bits per heavy atom. The molecule has 0 aliphatic heterocycles. The van der Waals surface area contributed by atoms with Gasteiger partial charge >= 0.3 is 18.5 Å². The number of aryl methyl sites for hydroxylation is 1. The van der Waals surface area contributed by atoms with Gasteiger partial charge in [-0.1, -0.05) is 0 Å². The first kappa shape index (κ1) is 28.0. The number of aromatic hydroxyl groups is 1. The predicted molar refractivity (Wildman–Crippen MR) is 94.4 cm³/mol. The van der Waals surface area contributed by atoms with E-state index in [1.807, 2.05) is 0 Å². The number of rotatable bonds is 5. The van der Waals surface area contributed by atoms with Gasteiger partial charge in [0, 0.05) is 12.0 Å². The number of benzene rings is 1. The zero-order valence-corrected chi connectivity index (χ0v) is 17.1. The van der Waals surface area contributed by atoms with E-state index in [0.717, 1.165) is 13.0 Å². The van der Waals surface area contributed by atoms with Gasteiger partial charge in [-0.25, -0.2) is 0 Å². The summed E-state index contributed by atoms with van der Waals surface area (Å²) in [6, 6.07) is 1.11. The van der Waals surface area contributed by atoms with Gasteiger partial charge in [-0.15, -0.1) is 0 Å². The first-order chi connectivity index (χ1) is 13.8. The van der Waals surface area contributed by atoms with Crippen LogP contribution >= 0.6 is 0 Å². The van der Waals surface area contributed by atoms with Crippen molar-refractivity contribution in [1.29, 1.82) is 0 Å². The van der Waals surface area contributed by atoms with Crippen LogP contribution in [0.1, 0.15) is 43.9 Å². The summed E-state index contributed by atoms with van der Waals surface area (Å²) < 4.78 is 119. The minimum absolute atomic E-state index is 0.0783. The summed E-state index contributed by atoms with van der Waals surface area (Å²) in [7, 11) is 0. The molecule has 4 N–H and O–H groups in total. The number of hydrogen-bond acceptors (Lipinski definition) is 4. The molecule has 3 unspecified atom stereocenters. The van der Waals surface area contributed by atoms with Gasteiger partial charge in [-0.3, -0.25) is 0 Å². The Bertz CT molecular complexity index is 877. The maximum Gasteiger partial charge on any atom is 0.421 e. The lowest BCUT2D eigenvalue weighted by Crippen LogP contribution is -2.43. The van der Waals surface area contributed by atoms with Crippen molar-refractivity contribution in [3.63, 3.8) is 0 Å². The molecule has 0 radical (unpaired) electrons. The lowest BCUT2D eigenvalue weighted by molar-refractivity contribution is -0.259. The number of phenols is 1. The fourth-order valence-electron chi connectivity index (χ4n) is 2.62. The van der Waals surface area contributed by atoms with Crippen LogP contribution in [0.15, 0.2) is 18.2 Å². The molecule has 0 spiro atoms. The number of alkyl halides is 9. The summed E-state index contributed by atoms with van der Waals surface area (Å²) in [5.74, 6) is -1.10. The topological polar surface area (TPSA) is 80.9 Å². The molecule has 0 aromatic heterocycles. The summed E-state index contributed by atoms with van der Waals surface area (Å²) in [5, 5.41) is 39.4. The highest BCUT2D eigenvalue weighted by Gasteiger charge is 2.54. The zero-order valence-electron chi connectivity index (χ0n) is 17.1. The maximum atomic E-state index is 13.3. The van der Waals surface area contributed by atoms with E-state index in [2.05, 4.69) is 0 Å². The summed E-state index contributed by atoms with van der Waals surface area (Å²) >= 11 is 0. The fourth-order valence-corrected chi connectivity index (χ4v) is 2.62. The van der Waals surface area contributed by atoms with E-state index >= 15 is 0 Å². The molecule has 13 heteroatoms. The minimum atomic E-state index is -5.39. The molecule has 0 saturated carbocycles. The van der Waals surface area contributed by atoms with Crippen LogP contribution in [0.25, 0.3) is 5.57 Å². The smallest absolute Gasteiger partial charge is 0.421 e. The highest BCUT2D eigenvalue weighted by atomic mass is 19.4. The van der Waals surface area contributed by atoms with Crippen molar-refractivity contribution in [1.82, 2.24) is 0 Å². The van der Waals surface area contributed by atoms with E-state index in [-0.39, 0.29) is 26.8 Å². The summed E-state index contributed by atoms with van der Waals surface area (Å²) in [5.41, 5.74) is -14.5. The molecule has 0 heterocycles. The second-order valence-electron chi connectivity index (χ2n) is 8.02. The lowest BCUT2D eigenvalue weighted by atomic mass is 9.84. The molecule has 3 atom stereocenters. The van der Waals surface area contributed by atoms with Crippen molar-refractivity contribution in [3.05, 3.63) is 34.9 Å². The third-order valence-corrected chi connectivity index (χ3v) is 4.92. The first-order valence-electron chi connectivity index (χ1n) is 8.78. The molecule has 0 fully saturated rings. The van der Waals surface area contributed by atoms with E-state index in [9.17, 15) is 59.9 Å². The molecule has 4 nitrogen and oxygen atoms in total. The van der Waals surface area contributed by atoms with E-state index in [1.54, 1.807) is 0 Å².